The summed E-state index contributed by atoms with van der Waals surface area (Å²) in [5.74, 6) is -1.61. The number of nitro groups is 1. The quantitative estimate of drug-likeness (QED) is 0.441. The third-order valence-corrected chi connectivity index (χ3v) is 4.90. The van der Waals surface area contributed by atoms with Gasteiger partial charge in [-0.3, -0.25) is 35.3 Å². The van der Waals surface area contributed by atoms with Gasteiger partial charge < -0.3 is 5.32 Å². The number of carbonyl (C=O) groups excluding carboxylic acids is 3. The Labute approximate surface area is 184 Å². The molecule has 1 atom stereocenters. The van der Waals surface area contributed by atoms with E-state index in [1.54, 1.807) is 25.1 Å². The van der Waals surface area contributed by atoms with E-state index in [2.05, 4.69) is 16.2 Å². The molecule has 0 saturated carbocycles. The van der Waals surface area contributed by atoms with E-state index in [4.69, 9.17) is 11.6 Å². The molecule has 2 rings (SSSR count). The van der Waals surface area contributed by atoms with Crippen LogP contribution in [-0.4, -0.2) is 22.6 Å². The van der Waals surface area contributed by atoms with Crippen molar-refractivity contribution in [2.24, 2.45) is 5.92 Å². The Morgan fingerprint density at radius 2 is 1.68 bits per heavy atom. The second-order valence-corrected chi connectivity index (χ2v) is 7.69. The Morgan fingerprint density at radius 3 is 2.29 bits per heavy atom. The second kappa shape index (κ2) is 10.5. The molecule has 0 saturated heterocycles. The van der Waals surface area contributed by atoms with Gasteiger partial charge >= 0.3 is 0 Å². The Bertz CT molecular complexity index is 1020. The number of carbonyl (C=O) groups is 3. The molecule has 31 heavy (non-hydrogen) atoms. The van der Waals surface area contributed by atoms with Gasteiger partial charge in [-0.2, -0.15) is 0 Å². The number of nitrogens with zero attached hydrogens (tertiary/aromatic N) is 1. The highest BCUT2D eigenvalue weighted by molar-refractivity contribution is 6.31. The monoisotopic (exact) mass is 446 g/mol. The van der Waals surface area contributed by atoms with E-state index in [1.165, 1.54) is 25.1 Å². The molecular weight excluding hydrogens is 424 g/mol. The number of benzene rings is 2. The zero-order chi connectivity index (χ0) is 23.1. The number of amides is 3. The van der Waals surface area contributed by atoms with Gasteiger partial charge in [0.05, 0.1) is 4.92 Å². The van der Waals surface area contributed by atoms with E-state index in [0.29, 0.717) is 16.3 Å². The van der Waals surface area contributed by atoms with Crippen LogP contribution in [0.4, 0.5) is 11.4 Å². The van der Waals surface area contributed by atoms with Crippen molar-refractivity contribution in [1.29, 1.82) is 0 Å². The van der Waals surface area contributed by atoms with E-state index in [0.717, 1.165) is 5.56 Å². The number of hydrogen-bond donors (Lipinski definition) is 3. The number of hydrogen-bond acceptors (Lipinski definition) is 5. The molecule has 2 aromatic carbocycles. The lowest BCUT2D eigenvalue weighted by Crippen LogP contribution is -2.42. The van der Waals surface area contributed by atoms with Crippen LogP contribution in [0.2, 0.25) is 5.02 Å². The Balaban J connectivity index is 1.80. The summed E-state index contributed by atoms with van der Waals surface area (Å²) in [5, 5.41) is 14.1. The Hall–Kier alpha value is -3.46. The van der Waals surface area contributed by atoms with E-state index in [-0.39, 0.29) is 35.9 Å². The minimum absolute atomic E-state index is 0.0155. The summed E-state index contributed by atoms with van der Waals surface area (Å²) in [5.41, 5.74) is 6.42. The lowest BCUT2D eigenvalue weighted by Gasteiger charge is -2.13. The van der Waals surface area contributed by atoms with Crippen molar-refractivity contribution in [2.45, 2.75) is 33.6 Å². The van der Waals surface area contributed by atoms with Gasteiger partial charge in [-0.25, -0.2) is 0 Å². The zero-order valence-corrected chi connectivity index (χ0v) is 18.1. The molecule has 0 radical (unpaired) electrons. The van der Waals surface area contributed by atoms with Crippen LogP contribution in [0.1, 0.15) is 41.3 Å². The molecule has 0 aliphatic rings. The summed E-state index contributed by atoms with van der Waals surface area (Å²) in [6.45, 7) is 5.11. The predicted octanol–water partition coefficient (Wildman–Crippen LogP) is 3.68. The first-order chi connectivity index (χ1) is 14.6. The van der Waals surface area contributed by atoms with Crippen molar-refractivity contribution in [3.63, 3.8) is 0 Å². The lowest BCUT2D eigenvalue weighted by molar-refractivity contribution is -0.385. The van der Waals surface area contributed by atoms with Crippen LogP contribution >= 0.6 is 11.6 Å². The van der Waals surface area contributed by atoms with Crippen LogP contribution in [0.5, 0.6) is 0 Å². The van der Waals surface area contributed by atoms with Crippen molar-refractivity contribution in [2.75, 3.05) is 5.32 Å². The molecule has 3 N–H and O–H groups in total. The fourth-order valence-corrected chi connectivity index (χ4v) is 3.02. The van der Waals surface area contributed by atoms with Gasteiger partial charge in [-0.1, -0.05) is 24.6 Å². The Morgan fingerprint density at radius 1 is 1.00 bits per heavy atom. The molecule has 0 aromatic heterocycles. The summed E-state index contributed by atoms with van der Waals surface area (Å²) in [7, 11) is 0. The van der Waals surface area contributed by atoms with Gasteiger partial charge in [0, 0.05) is 40.7 Å². The summed E-state index contributed by atoms with van der Waals surface area (Å²) in [6, 6.07) is 9.09. The third-order valence-electron chi connectivity index (χ3n) is 4.49. The van der Waals surface area contributed by atoms with Crippen LogP contribution in [0.3, 0.4) is 0 Å². The smallest absolute Gasteiger partial charge is 0.272 e. The van der Waals surface area contributed by atoms with Crippen LogP contribution in [0, 0.1) is 29.9 Å². The number of rotatable bonds is 7. The van der Waals surface area contributed by atoms with Gasteiger partial charge in [0.2, 0.25) is 11.8 Å². The number of hydrazine groups is 1. The van der Waals surface area contributed by atoms with Gasteiger partial charge in [0.25, 0.3) is 11.6 Å². The maximum absolute atomic E-state index is 12.2. The van der Waals surface area contributed by atoms with Gasteiger partial charge in [0.1, 0.15) is 0 Å². The highest BCUT2D eigenvalue weighted by Crippen LogP contribution is 2.21. The molecule has 0 aliphatic heterocycles. The molecule has 0 bridgehead atoms. The fourth-order valence-electron chi connectivity index (χ4n) is 2.84. The molecule has 3 amide bonds. The molecule has 9 nitrogen and oxygen atoms in total. The second-order valence-electron chi connectivity index (χ2n) is 7.29. The van der Waals surface area contributed by atoms with Crippen molar-refractivity contribution >= 4 is 40.7 Å². The molecule has 0 spiro atoms. The average molecular weight is 447 g/mol. The van der Waals surface area contributed by atoms with Crippen LogP contribution in [0.25, 0.3) is 0 Å². The molecule has 0 fully saturated rings. The summed E-state index contributed by atoms with van der Waals surface area (Å²) in [6.07, 6.45) is 0.121. The number of aryl methyl sites for hydroxylation is 2. The molecular formula is C21H23ClN4O5. The van der Waals surface area contributed by atoms with Crippen LogP contribution < -0.4 is 16.2 Å². The first-order valence-electron chi connectivity index (χ1n) is 9.47. The highest BCUT2D eigenvalue weighted by Gasteiger charge is 2.16. The minimum Gasteiger partial charge on any atom is -0.326 e. The lowest BCUT2D eigenvalue weighted by atomic mass is 10.0. The van der Waals surface area contributed by atoms with Gasteiger partial charge in [0.15, 0.2) is 0 Å². The molecule has 0 aliphatic carbocycles. The van der Waals surface area contributed by atoms with Crippen molar-refractivity contribution in [3.05, 3.63) is 68.2 Å². The SMILES string of the molecule is Cc1ccc(NC(=O)CC(C)CC(=O)NNC(=O)c2ccc([N+](=O)[O-])c(C)c2)cc1Cl. The van der Waals surface area contributed by atoms with E-state index >= 15 is 0 Å². The summed E-state index contributed by atoms with van der Waals surface area (Å²) < 4.78 is 0. The molecule has 2 aromatic rings. The van der Waals surface area contributed by atoms with Gasteiger partial charge in [-0.15, -0.1) is 0 Å². The maximum atomic E-state index is 12.2. The third kappa shape index (κ3) is 7.07. The first kappa shape index (κ1) is 23.8. The minimum atomic E-state index is -0.604. The number of halogens is 1. The van der Waals surface area contributed by atoms with Crippen molar-refractivity contribution < 1.29 is 19.3 Å². The average Bonchev–Trinajstić information content (AvgIpc) is 2.68. The van der Waals surface area contributed by atoms with E-state index in [1.807, 2.05) is 6.92 Å². The predicted molar refractivity (Wildman–Crippen MR) is 117 cm³/mol. The standard InChI is InChI=1S/C21H23ClN4O5/c1-12(8-19(27)23-16-6-4-13(2)17(22)11-16)9-20(28)24-25-21(29)15-5-7-18(26(30)31)14(3)10-15/h4-7,10-12H,8-9H2,1-3H3,(H,23,27)(H,24,28)(H,25,29). The number of anilines is 1. The number of nitrogens with one attached hydrogen (secondary N) is 3. The normalized spacial score (nSPS) is 11.4. The summed E-state index contributed by atoms with van der Waals surface area (Å²) in [4.78, 5) is 46.6. The highest BCUT2D eigenvalue weighted by atomic mass is 35.5. The van der Waals surface area contributed by atoms with Gasteiger partial charge in [-0.05, 0) is 49.6 Å². The first-order valence-corrected chi connectivity index (χ1v) is 9.85. The zero-order valence-electron chi connectivity index (χ0n) is 17.3. The fraction of sp³-hybridized carbons (Fsp3) is 0.286. The summed E-state index contributed by atoms with van der Waals surface area (Å²) >= 11 is 6.04. The molecule has 10 heteroatoms. The molecule has 164 valence electrons. The maximum Gasteiger partial charge on any atom is 0.272 e. The molecule has 1 unspecified atom stereocenters. The van der Waals surface area contributed by atoms with Crippen molar-refractivity contribution in [3.8, 4) is 0 Å². The van der Waals surface area contributed by atoms with E-state index < -0.39 is 16.7 Å². The van der Waals surface area contributed by atoms with E-state index in [9.17, 15) is 24.5 Å². The Kier molecular flexibility index (Phi) is 8.09. The van der Waals surface area contributed by atoms with Crippen LogP contribution in [-0.2, 0) is 9.59 Å². The topological polar surface area (TPSA) is 130 Å². The number of nitro benzene ring substituents is 1. The van der Waals surface area contributed by atoms with Crippen LogP contribution in [0.15, 0.2) is 36.4 Å². The molecule has 0 heterocycles. The van der Waals surface area contributed by atoms with Crippen molar-refractivity contribution in [1.82, 2.24) is 10.9 Å². The largest absolute Gasteiger partial charge is 0.326 e.